The lowest BCUT2D eigenvalue weighted by molar-refractivity contribution is -0.137. The standard InChI is InChI=1S/C19H24F3N3O/c1-13-4-5-24(10-13)17(26)25-11-18(12-25)7-14(8-18)6-16-3-2-15(9-23-16)19(20,21)22/h2-3,9,13-14H,4-8,10-12H2,1H3/t13-/m0/s1. The van der Waals surface area contributed by atoms with Crippen molar-refractivity contribution in [3.8, 4) is 0 Å². The largest absolute Gasteiger partial charge is 0.417 e. The number of carbonyl (C=O) groups is 1. The average molecular weight is 367 g/mol. The van der Waals surface area contributed by atoms with E-state index in [2.05, 4.69) is 11.9 Å². The maximum atomic E-state index is 12.6. The van der Waals surface area contributed by atoms with Crippen LogP contribution < -0.4 is 0 Å². The van der Waals surface area contributed by atoms with Crippen molar-refractivity contribution in [3.63, 3.8) is 0 Å². The number of nitrogens with zero attached hydrogens (tertiary/aromatic N) is 3. The fourth-order valence-corrected chi connectivity index (χ4v) is 4.78. The Morgan fingerprint density at radius 1 is 1.27 bits per heavy atom. The first-order valence-electron chi connectivity index (χ1n) is 9.30. The van der Waals surface area contributed by atoms with Gasteiger partial charge >= 0.3 is 12.2 Å². The third kappa shape index (κ3) is 3.28. The lowest BCUT2D eigenvalue weighted by Crippen LogP contribution is -2.65. The van der Waals surface area contributed by atoms with E-state index in [1.165, 1.54) is 6.07 Å². The van der Waals surface area contributed by atoms with Crippen LogP contribution in [0.4, 0.5) is 18.0 Å². The van der Waals surface area contributed by atoms with Crippen molar-refractivity contribution < 1.29 is 18.0 Å². The van der Waals surface area contributed by atoms with E-state index in [0.717, 1.165) is 69.8 Å². The summed E-state index contributed by atoms with van der Waals surface area (Å²) >= 11 is 0. The summed E-state index contributed by atoms with van der Waals surface area (Å²) in [6, 6.07) is 2.77. The van der Waals surface area contributed by atoms with E-state index in [0.29, 0.717) is 11.8 Å². The Bertz CT molecular complexity index is 674. The van der Waals surface area contributed by atoms with Gasteiger partial charge < -0.3 is 9.80 Å². The number of pyridine rings is 1. The summed E-state index contributed by atoms with van der Waals surface area (Å²) in [7, 11) is 0. The van der Waals surface area contributed by atoms with Crippen LogP contribution in [0.15, 0.2) is 18.3 Å². The number of carbonyl (C=O) groups excluding carboxylic acids is 1. The van der Waals surface area contributed by atoms with Crippen molar-refractivity contribution in [2.45, 2.75) is 38.8 Å². The molecule has 1 atom stereocenters. The predicted molar refractivity (Wildman–Crippen MR) is 90.4 cm³/mol. The summed E-state index contributed by atoms with van der Waals surface area (Å²) in [5.74, 6) is 1.06. The van der Waals surface area contributed by atoms with Gasteiger partial charge in [-0.2, -0.15) is 13.2 Å². The Morgan fingerprint density at radius 2 is 2.00 bits per heavy atom. The number of likely N-dealkylation sites (tertiary alicyclic amines) is 2. The highest BCUT2D eigenvalue weighted by atomic mass is 19.4. The second-order valence-electron chi connectivity index (χ2n) is 8.49. The van der Waals surface area contributed by atoms with Gasteiger partial charge in [0.25, 0.3) is 0 Å². The van der Waals surface area contributed by atoms with E-state index in [1.807, 2.05) is 9.80 Å². The minimum Gasteiger partial charge on any atom is -0.324 e. The number of hydrogen-bond acceptors (Lipinski definition) is 2. The zero-order chi connectivity index (χ0) is 18.5. The van der Waals surface area contributed by atoms with E-state index in [9.17, 15) is 18.0 Å². The minimum atomic E-state index is -4.33. The summed E-state index contributed by atoms with van der Waals surface area (Å²) in [5, 5.41) is 0. The van der Waals surface area contributed by atoms with Gasteiger partial charge in [0.05, 0.1) is 5.56 Å². The molecule has 3 aliphatic rings. The van der Waals surface area contributed by atoms with Crippen LogP contribution in [-0.2, 0) is 12.6 Å². The SMILES string of the molecule is C[C@H]1CCN(C(=O)N2CC3(CC(Cc4ccc(C(F)(F)F)cn4)C3)C2)C1. The molecule has 0 radical (unpaired) electrons. The van der Waals surface area contributed by atoms with Crippen LogP contribution >= 0.6 is 0 Å². The normalized spacial score (nSPS) is 25.3. The molecule has 1 aromatic rings. The minimum absolute atomic E-state index is 0.174. The smallest absolute Gasteiger partial charge is 0.324 e. The first kappa shape index (κ1) is 17.6. The number of amides is 2. The number of urea groups is 1. The zero-order valence-corrected chi connectivity index (χ0v) is 14.9. The maximum absolute atomic E-state index is 12.6. The van der Waals surface area contributed by atoms with Crippen LogP contribution in [0.1, 0.15) is 37.4 Å². The molecule has 4 nitrogen and oxygen atoms in total. The van der Waals surface area contributed by atoms with E-state index in [-0.39, 0.29) is 11.4 Å². The molecule has 26 heavy (non-hydrogen) atoms. The Hall–Kier alpha value is -1.79. The van der Waals surface area contributed by atoms with Gasteiger partial charge in [-0.15, -0.1) is 0 Å². The molecule has 1 aliphatic carbocycles. The molecule has 0 N–H and O–H groups in total. The van der Waals surface area contributed by atoms with Gasteiger partial charge in [-0.1, -0.05) is 6.92 Å². The lowest BCUT2D eigenvalue weighted by Gasteiger charge is -2.59. The molecule has 4 rings (SSSR count). The van der Waals surface area contributed by atoms with E-state index in [4.69, 9.17) is 0 Å². The second kappa shape index (κ2) is 6.13. The summed E-state index contributed by atoms with van der Waals surface area (Å²) in [5.41, 5.74) is 0.268. The molecule has 1 aromatic heterocycles. The second-order valence-corrected chi connectivity index (χ2v) is 8.49. The van der Waals surface area contributed by atoms with Crippen molar-refractivity contribution in [2.24, 2.45) is 17.3 Å². The predicted octanol–water partition coefficient (Wildman–Crippen LogP) is 3.82. The topological polar surface area (TPSA) is 36.4 Å². The highest BCUT2D eigenvalue weighted by Crippen LogP contribution is 2.53. The van der Waals surface area contributed by atoms with Crippen LogP contribution in [-0.4, -0.2) is 47.0 Å². The molecule has 7 heteroatoms. The first-order chi connectivity index (χ1) is 12.2. The molecular weight excluding hydrogens is 343 g/mol. The van der Waals surface area contributed by atoms with Crippen molar-refractivity contribution in [1.29, 1.82) is 0 Å². The number of aromatic nitrogens is 1. The number of halogens is 3. The summed E-state index contributed by atoms with van der Waals surface area (Å²) in [6.07, 6.45) is 0.474. The van der Waals surface area contributed by atoms with Crippen LogP contribution in [0.3, 0.4) is 0 Å². The molecule has 2 saturated heterocycles. The Kier molecular flexibility index (Phi) is 4.15. The van der Waals surface area contributed by atoms with Crippen molar-refractivity contribution in [2.75, 3.05) is 26.2 Å². The van der Waals surface area contributed by atoms with E-state index < -0.39 is 11.7 Å². The maximum Gasteiger partial charge on any atom is 0.417 e. The van der Waals surface area contributed by atoms with Gasteiger partial charge in [-0.3, -0.25) is 4.98 Å². The average Bonchev–Trinajstić information content (AvgIpc) is 2.94. The summed E-state index contributed by atoms with van der Waals surface area (Å²) < 4.78 is 37.7. The third-order valence-corrected chi connectivity index (χ3v) is 6.11. The van der Waals surface area contributed by atoms with Gasteiger partial charge in [-0.25, -0.2) is 4.79 Å². The summed E-state index contributed by atoms with van der Waals surface area (Å²) in [4.78, 5) is 20.3. The van der Waals surface area contributed by atoms with Gasteiger partial charge in [-0.05, 0) is 49.7 Å². The highest BCUT2D eigenvalue weighted by Gasteiger charge is 2.54. The van der Waals surface area contributed by atoms with Crippen LogP contribution in [0.5, 0.6) is 0 Å². The van der Waals surface area contributed by atoms with Gasteiger partial charge in [0.2, 0.25) is 0 Å². The van der Waals surface area contributed by atoms with Crippen LogP contribution in [0.2, 0.25) is 0 Å². The van der Waals surface area contributed by atoms with E-state index in [1.54, 1.807) is 0 Å². The molecular formula is C19H24F3N3O. The molecule has 3 fully saturated rings. The molecule has 142 valence electrons. The molecule has 1 saturated carbocycles. The van der Waals surface area contributed by atoms with Gasteiger partial charge in [0.15, 0.2) is 0 Å². The Morgan fingerprint density at radius 3 is 2.54 bits per heavy atom. The van der Waals surface area contributed by atoms with Gasteiger partial charge in [0.1, 0.15) is 0 Å². The highest BCUT2D eigenvalue weighted by molar-refractivity contribution is 5.76. The summed E-state index contributed by atoms with van der Waals surface area (Å²) in [6.45, 7) is 5.56. The molecule has 2 aliphatic heterocycles. The Balaban J connectivity index is 1.23. The van der Waals surface area contributed by atoms with Gasteiger partial charge in [0, 0.05) is 43.5 Å². The fourth-order valence-electron chi connectivity index (χ4n) is 4.78. The van der Waals surface area contributed by atoms with Crippen LogP contribution in [0, 0.1) is 17.3 Å². The van der Waals surface area contributed by atoms with Crippen molar-refractivity contribution in [1.82, 2.24) is 14.8 Å². The number of alkyl halides is 3. The first-order valence-corrected chi connectivity index (χ1v) is 9.30. The van der Waals surface area contributed by atoms with E-state index >= 15 is 0 Å². The molecule has 0 aromatic carbocycles. The molecule has 3 heterocycles. The van der Waals surface area contributed by atoms with Crippen molar-refractivity contribution in [3.05, 3.63) is 29.6 Å². The molecule has 0 unspecified atom stereocenters. The third-order valence-electron chi connectivity index (χ3n) is 6.11. The van der Waals surface area contributed by atoms with Crippen molar-refractivity contribution >= 4 is 6.03 Å². The number of rotatable bonds is 2. The lowest BCUT2D eigenvalue weighted by atomic mass is 9.57. The monoisotopic (exact) mass is 367 g/mol. The quantitative estimate of drug-likeness (QED) is 0.797. The zero-order valence-electron chi connectivity index (χ0n) is 14.9. The molecule has 0 bridgehead atoms. The Labute approximate surface area is 151 Å². The molecule has 1 spiro atoms. The molecule has 2 amide bonds. The fraction of sp³-hybridized carbons (Fsp3) is 0.684. The number of hydrogen-bond donors (Lipinski definition) is 0. The van der Waals surface area contributed by atoms with Crippen LogP contribution in [0.25, 0.3) is 0 Å².